The van der Waals surface area contributed by atoms with E-state index in [1.807, 2.05) is 24.3 Å². The van der Waals surface area contributed by atoms with Gasteiger partial charge in [0.05, 0.1) is 6.61 Å². The molecule has 0 radical (unpaired) electrons. The van der Waals surface area contributed by atoms with E-state index in [-0.39, 0.29) is 12.0 Å². The first-order valence-electron chi connectivity index (χ1n) is 7.01. The molecule has 0 spiro atoms. The molecule has 110 valence electrons. The number of benzene rings is 2. The first kappa shape index (κ1) is 14.0. The van der Waals surface area contributed by atoms with Gasteiger partial charge in [0.15, 0.2) is 0 Å². The molecular formula is C17H17F2NO. The lowest BCUT2D eigenvalue weighted by Crippen LogP contribution is -2.33. The number of rotatable bonds is 3. The summed E-state index contributed by atoms with van der Waals surface area (Å²) in [4.78, 5) is 0. The third kappa shape index (κ3) is 2.90. The van der Waals surface area contributed by atoms with Crippen molar-refractivity contribution in [2.24, 2.45) is 5.92 Å². The molecule has 4 heteroatoms. The Balaban J connectivity index is 1.88. The quantitative estimate of drug-likeness (QED) is 0.934. The minimum Gasteiger partial charge on any atom is -0.493 e. The van der Waals surface area contributed by atoms with Gasteiger partial charge in [-0.1, -0.05) is 18.2 Å². The maximum absolute atomic E-state index is 13.4. The van der Waals surface area contributed by atoms with Crippen molar-refractivity contribution in [2.45, 2.75) is 12.5 Å². The van der Waals surface area contributed by atoms with Gasteiger partial charge in [0.25, 0.3) is 0 Å². The monoisotopic (exact) mass is 289 g/mol. The average molecular weight is 289 g/mol. The molecule has 2 aromatic carbocycles. The molecule has 1 aliphatic rings. The molecule has 2 nitrogen and oxygen atoms in total. The van der Waals surface area contributed by atoms with Crippen molar-refractivity contribution < 1.29 is 13.5 Å². The molecule has 0 aliphatic carbocycles. The molecular weight excluding hydrogens is 272 g/mol. The largest absolute Gasteiger partial charge is 0.493 e. The Bertz CT molecular complexity index is 624. The number of halogens is 2. The first-order valence-corrected chi connectivity index (χ1v) is 7.01. The van der Waals surface area contributed by atoms with E-state index in [4.69, 9.17) is 4.74 Å². The molecule has 2 aromatic rings. The maximum Gasteiger partial charge on any atom is 0.126 e. The molecule has 0 saturated heterocycles. The van der Waals surface area contributed by atoms with E-state index in [0.717, 1.165) is 23.8 Å². The zero-order chi connectivity index (χ0) is 14.8. The summed E-state index contributed by atoms with van der Waals surface area (Å²) in [6.07, 6.45) is 0.819. The van der Waals surface area contributed by atoms with E-state index in [1.54, 1.807) is 7.05 Å². The smallest absolute Gasteiger partial charge is 0.126 e. The summed E-state index contributed by atoms with van der Waals surface area (Å²) in [7, 11) is 1.80. The number of nitrogens with one attached hydrogen (secondary N) is 1. The van der Waals surface area contributed by atoms with Gasteiger partial charge >= 0.3 is 0 Å². The average Bonchev–Trinajstić information content (AvgIpc) is 2.47. The minimum absolute atomic E-state index is 0.131. The summed E-state index contributed by atoms with van der Waals surface area (Å²) in [5.74, 6) is -0.0788. The van der Waals surface area contributed by atoms with Crippen molar-refractivity contribution in [3.8, 4) is 5.75 Å². The molecule has 1 heterocycles. The highest BCUT2D eigenvalue weighted by molar-refractivity contribution is 5.36. The summed E-state index contributed by atoms with van der Waals surface area (Å²) < 4.78 is 32.6. The summed E-state index contributed by atoms with van der Waals surface area (Å²) in [6, 6.07) is 11.4. The van der Waals surface area contributed by atoms with E-state index in [1.165, 1.54) is 12.1 Å². The zero-order valence-electron chi connectivity index (χ0n) is 11.8. The van der Waals surface area contributed by atoms with E-state index >= 15 is 0 Å². The van der Waals surface area contributed by atoms with Crippen LogP contribution in [0.1, 0.15) is 17.2 Å². The van der Waals surface area contributed by atoms with Crippen LogP contribution in [0.5, 0.6) is 5.75 Å². The Morgan fingerprint density at radius 2 is 1.86 bits per heavy atom. The molecule has 1 N–H and O–H groups in total. The van der Waals surface area contributed by atoms with Crippen LogP contribution in [0.25, 0.3) is 0 Å². The maximum atomic E-state index is 13.4. The van der Waals surface area contributed by atoms with Gasteiger partial charge in [0, 0.05) is 18.0 Å². The Morgan fingerprint density at radius 3 is 2.57 bits per heavy atom. The van der Waals surface area contributed by atoms with Crippen LogP contribution in [0, 0.1) is 17.6 Å². The highest BCUT2D eigenvalue weighted by atomic mass is 19.1. The lowest BCUT2D eigenvalue weighted by Gasteiger charge is -2.31. The summed E-state index contributed by atoms with van der Waals surface area (Å²) in [5, 5.41) is 3.16. The zero-order valence-corrected chi connectivity index (χ0v) is 11.8. The second kappa shape index (κ2) is 5.82. The van der Waals surface area contributed by atoms with Crippen LogP contribution in [0.4, 0.5) is 8.78 Å². The molecule has 3 rings (SSSR count). The number of ether oxygens (including phenoxy) is 1. The van der Waals surface area contributed by atoms with Crippen LogP contribution in [-0.4, -0.2) is 13.7 Å². The van der Waals surface area contributed by atoms with Gasteiger partial charge in [0.1, 0.15) is 17.4 Å². The molecule has 0 saturated carbocycles. The van der Waals surface area contributed by atoms with Crippen LogP contribution in [-0.2, 0) is 6.42 Å². The summed E-state index contributed by atoms with van der Waals surface area (Å²) >= 11 is 0. The summed E-state index contributed by atoms with van der Waals surface area (Å²) in [6.45, 7) is 0.528. The Hall–Kier alpha value is -1.94. The van der Waals surface area contributed by atoms with E-state index in [9.17, 15) is 8.78 Å². The van der Waals surface area contributed by atoms with Gasteiger partial charge in [-0.15, -0.1) is 0 Å². The molecule has 2 atom stereocenters. The predicted octanol–water partition coefficient (Wildman–Crippen LogP) is 3.48. The SMILES string of the molecule is CNC(c1cc(F)cc(F)c1)C1COc2ccccc2C1. The second-order valence-electron chi connectivity index (χ2n) is 5.35. The number of hydrogen-bond donors (Lipinski definition) is 1. The number of hydrogen-bond acceptors (Lipinski definition) is 2. The Labute approximate surface area is 122 Å². The molecule has 0 bridgehead atoms. The van der Waals surface area contributed by atoms with Crippen molar-refractivity contribution in [1.29, 1.82) is 0 Å². The Kier molecular flexibility index (Phi) is 3.88. The number of fused-ring (bicyclic) bond motifs is 1. The van der Waals surface area contributed by atoms with Crippen molar-refractivity contribution in [1.82, 2.24) is 5.32 Å². The Morgan fingerprint density at radius 1 is 1.14 bits per heavy atom. The predicted molar refractivity (Wildman–Crippen MR) is 77.3 cm³/mol. The van der Waals surface area contributed by atoms with Crippen LogP contribution in [0.2, 0.25) is 0 Å². The molecule has 0 fully saturated rings. The van der Waals surface area contributed by atoms with Gasteiger partial charge in [-0.3, -0.25) is 0 Å². The molecule has 1 aliphatic heterocycles. The van der Waals surface area contributed by atoms with Crippen LogP contribution < -0.4 is 10.1 Å². The van der Waals surface area contributed by atoms with Crippen molar-refractivity contribution in [3.63, 3.8) is 0 Å². The van der Waals surface area contributed by atoms with Gasteiger partial charge in [0.2, 0.25) is 0 Å². The lowest BCUT2D eigenvalue weighted by atomic mass is 9.86. The van der Waals surface area contributed by atoms with Gasteiger partial charge < -0.3 is 10.1 Å². The molecule has 21 heavy (non-hydrogen) atoms. The fraction of sp³-hybridized carbons (Fsp3) is 0.294. The topological polar surface area (TPSA) is 21.3 Å². The highest BCUT2D eigenvalue weighted by Gasteiger charge is 2.28. The van der Waals surface area contributed by atoms with E-state index < -0.39 is 11.6 Å². The second-order valence-corrected chi connectivity index (χ2v) is 5.35. The van der Waals surface area contributed by atoms with Crippen LogP contribution >= 0.6 is 0 Å². The van der Waals surface area contributed by atoms with Gasteiger partial charge in [-0.25, -0.2) is 8.78 Å². The summed E-state index contributed by atoms with van der Waals surface area (Å²) in [5.41, 5.74) is 1.74. The van der Waals surface area contributed by atoms with Crippen molar-refractivity contribution >= 4 is 0 Å². The molecule has 0 amide bonds. The van der Waals surface area contributed by atoms with Crippen molar-refractivity contribution in [2.75, 3.05) is 13.7 Å². The third-order valence-electron chi connectivity index (χ3n) is 3.93. The standard InChI is InChI=1S/C17H17F2NO/c1-20-17(12-7-14(18)9-15(19)8-12)13-6-11-4-2-3-5-16(11)21-10-13/h2-5,7-9,13,17,20H,6,10H2,1H3. The van der Waals surface area contributed by atoms with Crippen LogP contribution in [0.3, 0.4) is 0 Å². The van der Waals surface area contributed by atoms with Crippen molar-refractivity contribution in [3.05, 3.63) is 65.2 Å². The fourth-order valence-electron chi connectivity index (χ4n) is 2.99. The molecule has 0 aromatic heterocycles. The van der Waals surface area contributed by atoms with Crippen LogP contribution in [0.15, 0.2) is 42.5 Å². The minimum atomic E-state index is -0.553. The third-order valence-corrected chi connectivity index (χ3v) is 3.93. The van der Waals surface area contributed by atoms with E-state index in [0.29, 0.717) is 12.2 Å². The highest BCUT2D eigenvalue weighted by Crippen LogP contribution is 2.33. The number of para-hydroxylation sites is 1. The first-order chi connectivity index (χ1) is 10.2. The molecule has 2 unspecified atom stereocenters. The lowest BCUT2D eigenvalue weighted by molar-refractivity contribution is 0.188. The fourth-order valence-corrected chi connectivity index (χ4v) is 2.99. The van der Waals surface area contributed by atoms with Gasteiger partial charge in [-0.05, 0) is 42.8 Å². The van der Waals surface area contributed by atoms with E-state index in [2.05, 4.69) is 5.32 Å². The normalized spacial score (nSPS) is 18.7. The van der Waals surface area contributed by atoms with Gasteiger partial charge in [-0.2, -0.15) is 0 Å².